The van der Waals surface area contributed by atoms with Gasteiger partial charge in [0.05, 0.1) is 52.9 Å². The van der Waals surface area contributed by atoms with E-state index in [-0.39, 0.29) is 30.3 Å². The van der Waals surface area contributed by atoms with Crippen molar-refractivity contribution in [2.24, 2.45) is 20.8 Å². The first-order valence-electron chi connectivity index (χ1n) is 18.9. The van der Waals surface area contributed by atoms with Gasteiger partial charge < -0.3 is 51.3 Å². The molecule has 0 spiro atoms. The third kappa shape index (κ3) is 21.6. The molecule has 0 aliphatic rings. The Morgan fingerprint density at radius 1 is 0.632 bits per heavy atom. The zero-order valence-electron chi connectivity index (χ0n) is 32.4. The van der Waals surface area contributed by atoms with Gasteiger partial charge in [0.1, 0.15) is 5.82 Å². The number of guanidine groups is 2. The molecule has 2 amide bonds. The van der Waals surface area contributed by atoms with E-state index in [1.807, 2.05) is 36.4 Å². The van der Waals surface area contributed by atoms with Crippen LogP contribution < -0.4 is 32.3 Å². The van der Waals surface area contributed by atoms with Crippen molar-refractivity contribution in [1.29, 1.82) is 0 Å². The van der Waals surface area contributed by atoms with Gasteiger partial charge in [0.25, 0.3) is 11.8 Å². The van der Waals surface area contributed by atoms with E-state index in [0.717, 1.165) is 19.3 Å². The van der Waals surface area contributed by atoms with Crippen molar-refractivity contribution in [2.75, 3.05) is 90.9 Å². The van der Waals surface area contributed by atoms with Crippen molar-refractivity contribution in [3.63, 3.8) is 0 Å². The molecule has 0 aliphatic heterocycles. The monoisotopic (exact) mass is 785 g/mol. The van der Waals surface area contributed by atoms with Crippen LogP contribution in [-0.4, -0.2) is 109 Å². The smallest absolute Gasteiger partial charge is 0.251 e. The maximum absolute atomic E-state index is 12.6. The lowest BCUT2D eigenvalue weighted by Crippen LogP contribution is -2.37. The largest absolute Gasteiger partial charge is 0.379 e. The summed E-state index contributed by atoms with van der Waals surface area (Å²) in [5.74, 6) is 0.385. The number of hydrogen-bond donors (Lipinski definition) is 6. The van der Waals surface area contributed by atoms with Gasteiger partial charge in [0.2, 0.25) is 5.96 Å². The van der Waals surface area contributed by atoms with Crippen LogP contribution in [0.2, 0.25) is 0 Å². The van der Waals surface area contributed by atoms with Crippen molar-refractivity contribution in [1.82, 2.24) is 21.3 Å². The zero-order valence-corrected chi connectivity index (χ0v) is 32.4. The summed E-state index contributed by atoms with van der Waals surface area (Å²) in [6.45, 7) is 9.00. The molecule has 0 unspecified atom stereocenters. The molecule has 0 saturated heterocycles. The Morgan fingerprint density at radius 3 is 1.77 bits per heavy atom. The molecule has 3 aromatic carbocycles. The number of rotatable bonds is 28. The number of nitrogens with zero attached hydrogens (tertiary/aromatic N) is 5. The van der Waals surface area contributed by atoms with E-state index in [9.17, 15) is 9.59 Å². The van der Waals surface area contributed by atoms with E-state index >= 15 is 0 Å². The van der Waals surface area contributed by atoms with Gasteiger partial charge in [-0.05, 0) is 66.8 Å². The number of aryl methyl sites for hydroxylation is 1. The molecule has 57 heavy (non-hydrogen) atoms. The minimum Gasteiger partial charge on any atom is -0.379 e. The van der Waals surface area contributed by atoms with Crippen molar-refractivity contribution in [3.8, 4) is 0 Å². The molecule has 0 bridgehead atoms. The molecule has 17 nitrogen and oxygen atoms in total. The highest BCUT2D eigenvalue weighted by Gasteiger charge is 2.07. The van der Waals surface area contributed by atoms with Crippen LogP contribution in [0.1, 0.15) is 39.1 Å². The molecule has 0 heterocycles. The van der Waals surface area contributed by atoms with Crippen LogP contribution in [0.3, 0.4) is 0 Å². The first kappa shape index (κ1) is 45.4. The maximum atomic E-state index is 12.6. The minimum atomic E-state index is -0.233. The molecule has 17 heteroatoms. The highest BCUT2D eigenvalue weighted by atomic mass is 16.5. The van der Waals surface area contributed by atoms with Crippen LogP contribution in [0.4, 0.5) is 5.69 Å². The summed E-state index contributed by atoms with van der Waals surface area (Å²) in [6.07, 6.45) is 2.83. The second-order valence-electron chi connectivity index (χ2n) is 12.2. The topological polar surface area (TPSA) is 231 Å². The number of ether oxygens (including phenoxy) is 4. The number of anilines is 1. The van der Waals surface area contributed by atoms with E-state index in [4.69, 9.17) is 30.2 Å². The Bertz CT molecular complexity index is 1700. The fraction of sp³-hybridized carbons (Fsp3) is 0.400. The minimum absolute atomic E-state index is 0.137. The van der Waals surface area contributed by atoms with Crippen LogP contribution in [0.5, 0.6) is 0 Å². The molecule has 0 aromatic heterocycles. The Kier molecular flexibility index (Phi) is 23.4. The molecule has 7 N–H and O–H groups in total. The van der Waals surface area contributed by atoms with E-state index in [1.165, 1.54) is 5.56 Å². The van der Waals surface area contributed by atoms with Crippen molar-refractivity contribution in [3.05, 3.63) is 124 Å². The fourth-order valence-electron chi connectivity index (χ4n) is 4.90. The molecule has 3 rings (SSSR count). The van der Waals surface area contributed by atoms with E-state index in [2.05, 4.69) is 65.3 Å². The van der Waals surface area contributed by atoms with E-state index < -0.39 is 0 Å². The molecule has 0 atom stereocenters. The first-order chi connectivity index (χ1) is 27.9. The number of carbonyl (C=O) groups excluding carboxylic acids is 2. The van der Waals surface area contributed by atoms with Gasteiger partial charge in [-0.15, -0.1) is 0 Å². The van der Waals surface area contributed by atoms with Crippen LogP contribution in [-0.2, 0) is 25.4 Å². The number of benzene rings is 3. The highest BCUT2D eigenvalue weighted by molar-refractivity contribution is 5.95. The van der Waals surface area contributed by atoms with E-state index in [1.54, 1.807) is 36.4 Å². The van der Waals surface area contributed by atoms with Gasteiger partial charge in [-0.25, -0.2) is 0 Å². The predicted octanol–water partition coefficient (Wildman–Crippen LogP) is 3.98. The maximum Gasteiger partial charge on any atom is 0.251 e. The average molecular weight is 786 g/mol. The van der Waals surface area contributed by atoms with Crippen LogP contribution in [0.15, 0.2) is 112 Å². The average Bonchev–Trinajstić information content (AvgIpc) is 3.22. The summed E-state index contributed by atoms with van der Waals surface area (Å²) in [7, 11) is 0. The molecule has 0 fully saturated rings. The normalized spacial score (nSPS) is 11.3. The Morgan fingerprint density at radius 2 is 1.18 bits per heavy atom. The lowest BCUT2D eigenvalue weighted by Gasteiger charge is -2.11. The number of hydrogen-bond acceptors (Lipinski definition) is 9. The van der Waals surface area contributed by atoms with Gasteiger partial charge >= 0.3 is 0 Å². The molecule has 0 saturated carbocycles. The lowest BCUT2D eigenvalue weighted by atomic mass is 10.1. The summed E-state index contributed by atoms with van der Waals surface area (Å²) >= 11 is 0. The third-order valence-electron chi connectivity index (χ3n) is 7.72. The van der Waals surface area contributed by atoms with Crippen LogP contribution >= 0.6 is 0 Å². The summed E-state index contributed by atoms with van der Waals surface area (Å²) in [6, 6.07) is 26.2. The van der Waals surface area contributed by atoms with Crippen molar-refractivity contribution >= 4 is 29.4 Å². The zero-order chi connectivity index (χ0) is 40.6. The summed E-state index contributed by atoms with van der Waals surface area (Å²) < 4.78 is 21.9. The number of amides is 2. The fourth-order valence-corrected chi connectivity index (χ4v) is 4.90. The summed E-state index contributed by atoms with van der Waals surface area (Å²) in [5.41, 5.74) is 17.5. The standard InChI is InChI=1S/C40H55N11O6/c1-32(48-36-17-15-35(16-18-36)38(53)44-21-25-55-30-31-57-27-23-47-51-42)49-40(46-19-9-8-12-33-10-4-2-5-11-33)50-39(41)45-22-26-56-29-28-54-24-20-43-37(52)34-13-6-3-7-14-34/h2-7,10-11,13-18,48H,1,8-9,12,19-31H2,(H,43,52)(H,44,53)(H4,41,45,46,49,50). The lowest BCUT2D eigenvalue weighted by molar-refractivity contribution is 0.0502. The van der Waals surface area contributed by atoms with Crippen LogP contribution in [0.25, 0.3) is 10.4 Å². The quantitative estimate of drug-likeness (QED) is 0.0155. The Labute approximate surface area is 334 Å². The Hall–Kier alpha value is -5.97. The number of nitrogens with two attached hydrogens (primary N) is 1. The van der Waals surface area contributed by atoms with Gasteiger partial charge in [0, 0.05) is 54.4 Å². The predicted molar refractivity (Wildman–Crippen MR) is 222 cm³/mol. The first-order valence-corrected chi connectivity index (χ1v) is 18.9. The third-order valence-corrected chi connectivity index (χ3v) is 7.72. The van der Waals surface area contributed by atoms with Gasteiger partial charge in [-0.2, -0.15) is 9.98 Å². The van der Waals surface area contributed by atoms with E-state index in [0.29, 0.717) is 102 Å². The number of nitrogens with one attached hydrogen (secondary N) is 5. The molecular weight excluding hydrogens is 731 g/mol. The molecule has 0 radical (unpaired) electrons. The van der Waals surface area contributed by atoms with Crippen LogP contribution in [0, 0.1) is 0 Å². The molecule has 306 valence electrons. The van der Waals surface area contributed by atoms with Gasteiger partial charge in [-0.3, -0.25) is 9.59 Å². The van der Waals surface area contributed by atoms with Gasteiger partial charge in [-0.1, -0.05) is 60.2 Å². The molecule has 3 aromatic rings. The van der Waals surface area contributed by atoms with Gasteiger partial charge in [0.15, 0.2) is 5.96 Å². The number of aliphatic imine (C=N–C) groups is 2. The summed E-state index contributed by atoms with van der Waals surface area (Å²) in [4.78, 5) is 36.3. The second-order valence-corrected chi connectivity index (χ2v) is 12.2. The molecular formula is C40H55N11O6. The highest BCUT2D eigenvalue weighted by Crippen LogP contribution is 2.12. The number of unbranched alkanes of at least 4 members (excludes halogenated alkanes) is 1. The second kappa shape index (κ2) is 29.3. The SMILES string of the molecule is C=C(/N=C(\N=C(/N)NCCOCCOCCNC(=O)c1ccccc1)NCCCCc1ccccc1)Nc1ccc(C(=O)NCCOCCOCCN=[N+]=[N-])cc1. The number of carbonyl (C=O) groups is 2. The van der Waals surface area contributed by atoms with Crippen molar-refractivity contribution < 1.29 is 28.5 Å². The summed E-state index contributed by atoms with van der Waals surface area (Å²) in [5, 5.41) is 18.4. The van der Waals surface area contributed by atoms with Crippen molar-refractivity contribution in [2.45, 2.75) is 19.3 Å². The number of azide groups is 1. The molecule has 0 aliphatic carbocycles. The Balaban J connectivity index is 1.39.